The summed E-state index contributed by atoms with van der Waals surface area (Å²) in [6.45, 7) is 0. The number of rotatable bonds is 5. The Kier molecular flexibility index (Phi) is 4.78. The summed E-state index contributed by atoms with van der Waals surface area (Å²) < 4.78 is 0. The number of aliphatic carboxylic acids is 1. The number of nitrogens with one attached hydrogen (secondary N) is 1. The maximum absolute atomic E-state index is 12.1. The van der Waals surface area contributed by atoms with Crippen molar-refractivity contribution in [2.75, 3.05) is 24.3 Å². The zero-order valence-corrected chi connectivity index (χ0v) is 12.5. The van der Waals surface area contributed by atoms with Crippen molar-refractivity contribution >= 4 is 23.3 Å². The van der Waals surface area contributed by atoms with Crippen molar-refractivity contribution in [2.45, 2.75) is 6.42 Å². The summed E-state index contributed by atoms with van der Waals surface area (Å²) in [6, 6.07) is 14.1. The number of hydrogen-bond acceptors (Lipinski definition) is 3. The summed E-state index contributed by atoms with van der Waals surface area (Å²) in [5, 5.41) is 11.5. The summed E-state index contributed by atoms with van der Waals surface area (Å²) >= 11 is 0. The highest BCUT2D eigenvalue weighted by Gasteiger charge is 2.07. The van der Waals surface area contributed by atoms with Gasteiger partial charge in [0.15, 0.2) is 0 Å². The van der Waals surface area contributed by atoms with Crippen LogP contribution in [0.5, 0.6) is 0 Å². The Morgan fingerprint density at radius 3 is 2.09 bits per heavy atom. The van der Waals surface area contributed by atoms with Gasteiger partial charge in [0, 0.05) is 31.0 Å². The molecule has 0 unspecified atom stereocenters. The highest BCUT2D eigenvalue weighted by atomic mass is 16.4. The van der Waals surface area contributed by atoms with Crippen molar-refractivity contribution < 1.29 is 14.7 Å². The molecule has 0 atom stereocenters. The molecule has 0 saturated carbocycles. The maximum Gasteiger partial charge on any atom is 0.307 e. The van der Waals surface area contributed by atoms with E-state index in [1.165, 1.54) is 0 Å². The molecule has 0 aliphatic carbocycles. The van der Waals surface area contributed by atoms with Gasteiger partial charge >= 0.3 is 5.97 Å². The molecule has 0 aromatic heterocycles. The number of benzene rings is 2. The van der Waals surface area contributed by atoms with Crippen LogP contribution < -0.4 is 10.2 Å². The molecule has 0 saturated heterocycles. The van der Waals surface area contributed by atoms with E-state index in [9.17, 15) is 9.59 Å². The Hall–Kier alpha value is -2.82. The van der Waals surface area contributed by atoms with Crippen LogP contribution in [0.25, 0.3) is 0 Å². The summed E-state index contributed by atoms with van der Waals surface area (Å²) in [6.07, 6.45) is -0.0276. The first-order chi connectivity index (χ1) is 10.5. The minimum atomic E-state index is -0.877. The number of anilines is 2. The SMILES string of the molecule is CN(C)c1ccc(C(=O)Nc2ccc(CC(=O)O)cc2)cc1. The van der Waals surface area contributed by atoms with Gasteiger partial charge in [0.05, 0.1) is 6.42 Å². The predicted octanol–water partition coefficient (Wildman–Crippen LogP) is 2.63. The molecule has 2 aromatic carbocycles. The molecular formula is C17H18N2O3. The van der Waals surface area contributed by atoms with Gasteiger partial charge in [-0.15, -0.1) is 0 Å². The third kappa shape index (κ3) is 4.09. The molecule has 0 aliphatic heterocycles. The summed E-state index contributed by atoms with van der Waals surface area (Å²) in [7, 11) is 3.88. The van der Waals surface area contributed by atoms with Crippen molar-refractivity contribution in [3.05, 3.63) is 59.7 Å². The van der Waals surface area contributed by atoms with Gasteiger partial charge in [0.25, 0.3) is 5.91 Å². The molecule has 5 nitrogen and oxygen atoms in total. The first-order valence-electron chi connectivity index (χ1n) is 6.85. The lowest BCUT2D eigenvalue weighted by Gasteiger charge is -2.12. The fraction of sp³-hybridized carbons (Fsp3) is 0.176. The Bertz CT molecular complexity index is 661. The lowest BCUT2D eigenvalue weighted by atomic mass is 10.1. The molecule has 22 heavy (non-hydrogen) atoms. The van der Waals surface area contributed by atoms with Crippen LogP contribution in [0, 0.1) is 0 Å². The van der Waals surface area contributed by atoms with Gasteiger partial charge in [0.1, 0.15) is 0 Å². The topological polar surface area (TPSA) is 69.6 Å². The molecular weight excluding hydrogens is 280 g/mol. The molecule has 1 amide bonds. The molecule has 0 radical (unpaired) electrons. The van der Waals surface area contributed by atoms with Gasteiger partial charge in [-0.1, -0.05) is 12.1 Å². The fourth-order valence-electron chi connectivity index (χ4n) is 1.99. The number of carboxylic acids is 1. The second kappa shape index (κ2) is 6.76. The summed E-state index contributed by atoms with van der Waals surface area (Å²) in [4.78, 5) is 24.7. The van der Waals surface area contributed by atoms with Gasteiger partial charge in [-0.2, -0.15) is 0 Å². The number of carbonyl (C=O) groups is 2. The monoisotopic (exact) mass is 298 g/mol. The molecule has 0 fully saturated rings. The van der Waals surface area contributed by atoms with E-state index in [-0.39, 0.29) is 12.3 Å². The van der Waals surface area contributed by atoms with Crippen molar-refractivity contribution in [3.63, 3.8) is 0 Å². The van der Waals surface area contributed by atoms with E-state index >= 15 is 0 Å². The molecule has 2 N–H and O–H groups in total. The van der Waals surface area contributed by atoms with Crippen molar-refractivity contribution in [2.24, 2.45) is 0 Å². The van der Waals surface area contributed by atoms with Crippen molar-refractivity contribution in [1.82, 2.24) is 0 Å². The zero-order chi connectivity index (χ0) is 16.1. The lowest BCUT2D eigenvalue weighted by Crippen LogP contribution is -2.13. The van der Waals surface area contributed by atoms with Gasteiger partial charge in [-0.05, 0) is 42.0 Å². The summed E-state index contributed by atoms with van der Waals surface area (Å²) in [5.74, 6) is -1.07. The third-order valence-electron chi connectivity index (χ3n) is 3.21. The minimum Gasteiger partial charge on any atom is -0.481 e. The third-order valence-corrected chi connectivity index (χ3v) is 3.21. The number of nitrogens with zero attached hydrogens (tertiary/aromatic N) is 1. The van der Waals surface area contributed by atoms with Crippen LogP contribution in [0.3, 0.4) is 0 Å². The van der Waals surface area contributed by atoms with E-state index in [1.807, 2.05) is 31.1 Å². The van der Waals surface area contributed by atoms with E-state index in [0.29, 0.717) is 16.8 Å². The van der Waals surface area contributed by atoms with Crippen LogP contribution in [0.15, 0.2) is 48.5 Å². The molecule has 0 heterocycles. The molecule has 2 rings (SSSR count). The Balaban J connectivity index is 2.03. The molecule has 2 aromatic rings. The summed E-state index contributed by atoms with van der Waals surface area (Å²) in [5.41, 5.74) is 2.92. The Labute approximate surface area is 129 Å². The van der Waals surface area contributed by atoms with Crippen molar-refractivity contribution in [3.8, 4) is 0 Å². The van der Waals surface area contributed by atoms with Crippen LogP contribution >= 0.6 is 0 Å². The van der Waals surface area contributed by atoms with E-state index in [4.69, 9.17) is 5.11 Å². The molecule has 0 aliphatic rings. The quantitative estimate of drug-likeness (QED) is 0.890. The molecule has 0 spiro atoms. The van der Waals surface area contributed by atoms with Crippen LogP contribution in [0.4, 0.5) is 11.4 Å². The highest BCUT2D eigenvalue weighted by molar-refractivity contribution is 6.04. The predicted molar refractivity (Wildman–Crippen MR) is 86.5 cm³/mol. The first kappa shape index (κ1) is 15.6. The highest BCUT2D eigenvalue weighted by Crippen LogP contribution is 2.15. The standard InChI is InChI=1S/C17H18N2O3/c1-19(2)15-9-5-13(6-10-15)17(22)18-14-7-3-12(4-8-14)11-16(20)21/h3-10H,11H2,1-2H3,(H,18,22)(H,20,21). The van der Waals surface area contributed by atoms with Crippen LogP contribution in [-0.2, 0) is 11.2 Å². The fourth-order valence-corrected chi connectivity index (χ4v) is 1.99. The van der Waals surface area contributed by atoms with E-state index in [0.717, 1.165) is 5.69 Å². The largest absolute Gasteiger partial charge is 0.481 e. The first-order valence-corrected chi connectivity index (χ1v) is 6.85. The van der Waals surface area contributed by atoms with Gasteiger partial charge < -0.3 is 15.3 Å². The molecule has 0 bridgehead atoms. The van der Waals surface area contributed by atoms with Crippen LogP contribution in [-0.4, -0.2) is 31.1 Å². The molecule has 5 heteroatoms. The Morgan fingerprint density at radius 2 is 1.59 bits per heavy atom. The van der Waals surface area contributed by atoms with Gasteiger partial charge in [0.2, 0.25) is 0 Å². The average molecular weight is 298 g/mol. The lowest BCUT2D eigenvalue weighted by molar-refractivity contribution is -0.136. The van der Waals surface area contributed by atoms with Gasteiger partial charge in [-0.25, -0.2) is 0 Å². The second-order valence-electron chi connectivity index (χ2n) is 5.16. The smallest absolute Gasteiger partial charge is 0.307 e. The molecule has 114 valence electrons. The Morgan fingerprint density at radius 1 is 1.00 bits per heavy atom. The number of amides is 1. The second-order valence-corrected chi connectivity index (χ2v) is 5.16. The van der Waals surface area contributed by atoms with Gasteiger partial charge in [-0.3, -0.25) is 9.59 Å². The maximum atomic E-state index is 12.1. The number of hydrogen-bond donors (Lipinski definition) is 2. The van der Waals surface area contributed by atoms with Crippen LogP contribution in [0.2, 0.25) is 0 Å². The van der Waals surface area contributed by atoms with E-state index in [2.05, 4.69) is 5.32 Å². The minimum absolute atomic E-state index is 0.0276. The number of carboxylic acid groups (broad SMARTS) is 1. The normalized spacial score (nSPS) is 10.1. The van der Waals surface area contributed by atoms with E-state index < -0.39 is 5.97 Å². The van der Waals surface area contributed by atoms with E-state index in [1.54, 1.807) is 36.4 Å². The zero-order valence-electron chi connectivity index (χ0n) is 12.5. The van der Waals surface area contributed by atoms with Crippen LogP contribution in [0.1, 0.15) is 15.9 Å². The average Bonchev–Trinajstić information content (AvgIpc) is 2.49. The number of carbonyl (C=O) groups excluding carboxylic acids is 1. The van der Waals surface area contributed by atoms with Crippen molar-refractivity contribution in [1.29, 1.82) is 0 Å².